The van der Waals surface area contributed by atoms with Crippen LogP contribution >= 0.6 is 15.9 Å². The highest BCUT2D eigenvalue weighted by Gasteiger charge is 2.40. The number of nitrogens with two attached hydrogens (primary N) is 1. The van der Waals surface area contributed by atoms with E-state index in [1.807, 2.05) is 11.6 Å². The number of hydrogen-bond donors (Lipinski definition) is 1. The van der Waals surface area contributed by atoms with E-state index in [0.29, 0.717) is 0 Å². The predicted octanol–water partition coefficient (Wildman–Crippen LogP) is 2.80. The van der Waals surface area contributed by atoms with Crippen LogP contribution in [0.4, 0.5) is 0 Å². The first-order valence-electron chi connectivity index (χ1n) is 7.06. The van der Waals surface area contributed by atoms with Gasteiger partial charge in [0.05, 0.1) is 21.5 Å². The molecule has 0 spiro atoms. The third kappa shape index (κ3) is 2.73. The number of halogens is 1. The fraction of sp³-hybridized carbons (Fsp3) is 0.786. The summed E-state index contributed by atoms with van der Waals surface area (Å²) in [5.74, 6) is 0. The van der Waals surface area contributed by atoms with E-state index < -0.39 is 0 Å². The summed E-state index contributed by atoms with van der Waals surface area (Å²) < 4.78 is 8.91. The Morgan fingerprint density at radius 2 is 2.11 bits per heavy atom. The Kier molecular flexibility index (Phi) is 4.69. The average Bonchev–Trinajstić information content (AvgIpc) is 2.99. The molecule has 1 aromatic heterocycles. The Morgan fingerprint density at radius 1 is 1.47 bits per heavy atom. The van der Waals surface area contributed by atoms with Gasteiger partial charge in [-0.1, -0.05) is 12.8 Å². The minimum Gasteiger partial charge on any atom is -0.377 e. The molecule has 5 heteroatoms. The monoisotopic (exact) mass is 329 g/mol. The molecule has 4 nitrogen and oxygen atoms in total. The second-order valence-corrected chi connectivity index (χ2v) is 6.24. The quantitative estimate of drug-likeness (QED) is 0.903. The summed E-state index contributed by atoms with van der Waals surface area (Å²) in [6, 6.07) is 0.0256. The third-order valence-corrected chi connectivity index (χ3v) is 5.43. The van der Waals surface area contributed by atoms with Crippen molar-refractivity contribution >= 4 is 15.9 Å². The first-order valence-corrected chi connectivity index (χ1v) is 7.86. The van der Waals surface area contributed by atoms with E-state index in [2.05, 4.69) is 28.0 Å². The number of hydrogen-bond acceptors (Lipinski definition) is 3. The number of nitrogens with zero attached hydrogens (tertiary/aromatic N) is 2. The first-order chi connectivity index (χ1) is 9.04. The SMILES string of the molecule is CCn1nc(C)c(Br)c1CC(N)C1(OC)CCCC1. The average molecular weight is 330 g/mol. The molecule has 1 aliphatic carbocycles. The molecule has 1 fully saturated rings. The van der Waals surface area contributed by atoms with Crippen molar-refractivity contribution in [1.82, 2.24) is 9.78 Å². The standard InChI is InChI=1S/C14H24BrN3O/c1-4-18-11(13(15)10(2)17-18)9-12(16)14(19-3)7-5-6-8-14/h12H,4-9,16H2,1-3H3. The molecule has 19 heavy (non-hydrogen) atoms. The molecule has 0 aromatic carbocycles. The van der Waals surface area contributed by atoms with Crippen LogP contribution < -0.4 is 5.73 Å². The van der Waals surface area contributed by atoms with Crippen molar-refractivity contribution in [3.05, 3.63) is 15.9 Å². The van der Waals surface area contributed by atoms with Gasteiger partial charge in [0.15, 0.2) is 0 Å². The van der Waals surface area contributed by atoms with Crippen molar-refractivity contribution in [2.75, 3.05) is 7.11 Å². The van der Waals surface area contributed by atoms with Crippen molar-refractivity contribution < 1.29 is 4.74 Å². The Labute approximate surface area is 123 Å². The van der Waals surface area contributed by atoms with Gasteiger partial charge in [-0.3, -0.25) is 4.68 Å². The summed E-state index contributed by atoms with van der Waals surface area (Å²) in [6.07, 6.45) is 5.38. The van der Waals surface area contributed by atoms with Gasteiger partial charge in [0.2, 0.25) is 0 Å². The second-order valence-electron chi connectivity index (χ2n) is 5.45. The largest absolute Gasteiger partial charge is 0.377 e. The molecule has 2 N–H and O–H groups in total. The van der Waals surface area contributed by atoms with Crippen molar-refractivity contribution in [2.45, 2.75) is 64.1 Å². The Morgan fingerprint density at radius 3 is 2.63 bits per heavy atom. The van der Waals surface area contributed by atoms with Crippen molar-refractivity contribution in [2.24, 2.45) is 5.73 Å². The highest BCUT2D eigenvalue weighted by Crippen LogP contribution is 2.36. The van der Waals surface area contributed by atoms with Crippen molar-refractivity contribution in [3.63, 3.8) is 0 Å². The zero-order chi connectivity index (χ0) is 14.0. The molecule has 0 radical (unpaired) electrons. The van der Waals surface area contributed by atoms with Crippen LogP contribution in [0.15, 0.2) is 4.47 Å². The normalized spacial score (nSPS) is 19.8. The van der Waals surface area contributed by atoms with Gasteiger partial charge in [0, 0.05) is 26.1 Å². The van der Waals surface area contributed by atoms with E-state index in [1.54, 1.807) is 7.11 Å². The molecule has 1 aliphatic rings. The van der Waals surface area contributed by atoms with E-state index in [0.717, 1.165) is 36.0 Å². The third-order valence-electron chi connectivity index (χ3n) is 4.40. The van der Waals surface area contributed by atoms with Gasteiger partial charge in [-0.05, 0) is 42.6 Å². The molecule has 1 aromatic rings. The van der Waals surface area contributed by atoms with Gasteiger partial charge < -0.3 is 10.5 Å². The van der Waals surface area contributed by atoms with Crippen molar-refractivity contribution in [1.29, 1.82) is 0 Å². The zero-order valence-electron chi connectivity index (χ0n) is 12.1. The van der Waals surface area contributed by atoms with Crippen molar-refractivity contribution in [3.8, 4) is 0 Å². The van der Waals surface area contributed by atoms with Crippen LogP contribution in [0.1, 0.15) is 44.0 Å². The molecule has 1 saturated carbocycles. The fourth-order valence-electron chi connectivity index (χ4n) is 3.16. The molecular weight excluding hydrogens is 306 g/mol. The number of rotatable bonds is 5. The van der Waals surface area contributed by atoms with E-state index in [4.69, 9.17) is 10.5 Å². The Hall–Kier alpha value is -0.390. The topological polar surface area (TPSA) is 53.1 Å². The maximum atomic E-state index is 6.47. The molecule has 0 aliphatic heterocycles. The minimum absolute atomic E-state index is 0.0256. The van der Waals surface area contributed by atoms with E-state index in [-0.39, 0.29) is 11.6 Å². The van der Waals surface area contributed by atoms with Gasteiger partial charge in [-0.2, -0.15) is 5.10 Å². The molecule has 2 rings (SSSR count). The highest BCUT2D eigenvalue weighted by atomic mass is 79.9. The Bertz CT molecular complexity index is 438. The van der Waals surface area contributed by atoms with Crippen LogP contribution in [0.25, 0.3) is 0 Å². The molecule has 1 atom stereocenters. The van der Waals surface area contributed by atoms with Crippen LogP contribution in [-0.4, -0.2) is 28.5 Å². The number of ether oxygens (including phenoxy) is 1. The number of aryl methyl sites for hydroxylation is 2. The summed E-state index contributed by atoms with van der Waals surface area (Å²) in [6.45, 7) is 5.00. The molecule has 0 bridgehead atoms. The van der Waals surface area contributed by atoms with E-state index in [1.165, 1.54) is 18.5 Å². The van der Waals surface area contributed by atoms with E-state index in [9.17, 15) is 0 Å². The molecule has 0 saturated heterocycles. The van der Waals surface area contributed by atoms with Gasteiger partial charge in [0.1, 0.15) is 0 Å². The maximum absolute atomic E-state index is 6.47. The molecule has 1 heterocycles. The minimum atomic E-state index is -0.143. The predicted molar refractivity (Wildman–Crippen MR) is 80.2 cm³/mol. The molecule has 1 unspecified atom stereocenters. The number of methoxy groups -OCH3 is 1. The van der Waals surface area contributed by atoms with Gasteiger partial charge in [-0.25, -0.2) is 0 Å². The van der Waals surface area contributed by atoms with Crippen LogP contribution in [0.2, 0.25) is 0 Å². The highest BCUT2D eigenvalue weighted by molar-refractivity contribution is 9.10. The zero-order valence-corrected chi connectivity index (χ0v) is 13.7. The van der Waals surface area contributed by atoms with Crippen LogP contribution in [0, 0.1) is 6.92 Å². The lowest BCUT2D eigenvalue weighted by Crippen LogP contribution is -2.49. The second kappa shape index (κ2) is 5.94. The summed E-state index contributed by atoms with van der Waals surface area (Å²) in [4.78, 5) is 0. The lowest BCUT2D eigenvalue weighted by Gasteiger charge is -2.34. The van der Waals surface area contributed by atoms with Gasteiger partial charge in [0.25, 0.3) is 0 Å². The summed E-state index contributed by atoms with van der Waals surface area (Å²) >= 11 is 3.64. The first kappa shape index (κ1) is 15.0. The van der Waals surface area contributed by atoms with Crippen LogP contribution in [0.3, 0.4) is 0 Å². The fourth-order valence-corrected chi connectivity index (χ4v) is 3.60. The van der Waals surface area contributed by atoms with Gasteiger partial charge >= 0.3 is 0 Å². The summed E-state index contributed by atoms with van der Waals surface area (Å²) in [5, 5.41) is 4.53. The van der Waals surface area contributed by atoms with Crippen LogP contribution in [0.5, 0.6) is 0 Å². The molecule has 0 amide bonds. The lowest BCUT2D eigenvalue weighted by atomic mass is 9.89. The Balaban J connectivity index is 2.20. The summed E-state index contributed by atoms with van der Waals surface area (Å²) in [7, 11) is 1.79. The van der Waals surface area contributed by atoms with E-state index >= 15 is 0 Å². The lowest BCUT2D eigenvalue weighted by molar-refractivity contribution is -0.0258. The van der Waals surface area contributed by atoms with Gasteiger partial charge in [-0.15, -0.1) is 0 Å². The van der Waals surface area contributed by atoms with Crippen LogP contribution in [-0.2, 0) is 17.7 Å². The number of aromatic nitrogens is 2. The molecular formula is C14H24BrN3O. The summed E-state index contributed by atoms with van der Waals surface area (Å²) in [5.41, 5.74) is 8.55. The molecule has 108 valence electrons. The smallest absolute Gasteiger partial charge is 0.0832 e. The maximum Gasteiger partial charge on any atom is 0.0832 e.